The van der Waals surface area contributed by atoms with Crippen molar-refractivity contribution in [2.45, 2.75) is 32.4 Å². The third-order valence-electron chi connectivity index (χ3n) is 10.4. The number of carbonyl (C=O) groups is 3. The van der Waals surface area contributed by atoms with Crippen LogP contribution in [0.15, 0.2) is 55.4 Å². The third kappa shape index (κ3) is 13.4. The number of phenols is 1. The van der Waals surface area contributed by atoms with Crippen molar-refractivity contribution in [1.82, 2.24) is 60.6 Å². The average Bonchev–Trinajstić information content (AvgIpc) is 3.95. The number of nitrogens with zero attached hydrogens (tertiary/aromatic N) is 10. The number of terminal acetylenes is 1. The van der Waals surface area contributed by atoms with Crippen LogP contribution in [0.4, 0.5) is 22.5 Å². The fourth-order valence-corrected chi connectivity index (χ4v) is 7.00. The first kappa shape index (κ1) is 47.3. The van der Waals surface area contributed by atoms with Crippen LogP contribution in [0, 0.1) is 12.3 Å². The summed E-state index contributed by atoms with van der Waals surface area (Å²) in [5.41, 5.74) is 10.2. The predicted octanol–water partition coefficient (Wildman–Crippen LogP) is 1.79. The van der Waals surface area contributed by atoms with Gasteiger partial charge < -0.3 is 60.5 Å². The lowest BCUT2D eigenvalue weighted by Crippen LogP contribution is -2.47. The van der Waals surface area contributed by atoms with Gasteiger partial charge in [-0.25, -0.2) is 39.4 Å². The largest absolute Gasteiger partial charge is 0.508 e. The highest BCUT2D eigenvalue weighted by Gasteiger charge is 2.22. The first-order valence-corrected chi connectivity index (χ1v) is 21.8. The van der Waals surface area contributed by atoms with Crippen molar-refractivity contribution in [3.8, 4) is 29.5 Å². The lowest BCUT2D eigenvalue weighted by molar-refractivity contribution is -0.122. The summed E-state index contributed by atoms with van der Waals surface area (Å²) in [6, 6.07) is 7.00. The second-order valence-electron chi connectivity index (χ2n) is 15.2. The van der Waals surface area contributed by atoms with E-state index in [9.17, 15) is 19.5 Å². The number of H-pyrrole nitrogens is 1. The van der Waals surface area contributed by atoms with Crippen LogP contribution in [0.5, 0.6) is 5.75 Å². The predicted molar refractivity (Wildman–Crippen MR) is 246 cm³/mol. The molecule has 1 saturated heterocycles. The Bertz CT molecular complexity index is 2610. The number of aryl methyl sites for hydroxylation is 1. The number of piperazine rings is 1. The zero-order valence-corrected chi connectivity index (χ0v) is 36.9. The molecule has 0 radical (unpaired) electrons. The van der Waals surface area contributed by atoms with Crippen LogP contribution in [-0.2, 0) is 36.8 Å². The highest BCUT2D eigenvalue weighted by atomic mass is 16.6. The van der Waals surface area contributed by atoms with Gasteiger partial charge in [-0.3, -0.25) is 9.59 Å². The molecule has 0 spiro atoms. The van der Waals surface area contributed by atoms with Gasteiger partial charge in [0.2, 0.25) is 17.8 Å². The number of aromatic nitrogens is 9. The zero-order chi connectivity index (χ0) is 46.8. The molecule has 0 bridgehead atoms. The van der Waals surface area contributed by atoms with Crippen LogP contribution in [0.1, 0.15) is 35.2 Å². The fraction of sp³-hybridized carbons (Fsp3) is 0.409. The number of anilines is 3. The Labute approximate surface area is 385 Å². The number of rotatable bonds is 24. The number of nitrogens with one attached hydrogen (secondary N) is 4. The number of nitrogens with two attached hydrogens (primary N) is 1. The maximum absolute atomic E-state index is 12.9. The molecular weight excluding hydrogens is 867 g/mol. The highest BCUT2D eigenvalue weighted by molar-refractivity contribution is 6.00. The Morgan fingerprint density at radius 1 is 0.806 bits per heavy atom. The molecule has 0 aliphatic carbocycles. The first-order chi connectivity index (χ1) is 32.7. The standard InChI is InChI=1S/C44H53N15O8/c1-2-15-67-44(63)47-9-17-65-19-21-66-20-18-64-16-7-36(61)48-24-30-25-49-42(50-26-30)57-11-13-58(14-12-57)43-51-27-32(28-52-43)41(62)46-8-3-4-10-59-40-37(39(45)53-29-54-40)38(56-59)35-23-31-22-33(60)5-6-34(31)55-35/h1,5-6,22-23,25-29,55,60H,3-4,7-21,24H2,(H,46,62)(H,47,63)(H,48,61)(H2,45,53,54). The molecule has 0 saturated carbocycles. The molecule has 6 heterocycles. The molecule has 7 N–H and O–H groups in total. The topological polar surface area (TPSA) is 288 Å². The summed E-state index contributed by atoms with van der Waals surface area (Å²) in [6.45, 7) is 6.07. The van der Waals surface area contributed by atoms with Crippen molar-refractivity contribution in [2.24, 2.45) is 0 Å². The Morgan fingerprint density at radius 2 is 1.49 bits per heavy atom. The van der Waals surface area contributed by atoms with Gasteiger partial charge in [0.1, 0.15) is 23.6 Å². The smallest absolute Gasteiger partial charge is 0.408 e. The number of nitrogen functional groups attached to an aromatic ring is 1. The number of ether oxygens (including phenoxy) is 4. The van der Waals surface area contributed by atoms with Crippen LogP contribution in [0.2, 0.25) is 0 Å². The molecule has 0 unspecified atom stereocenters. The van der Waals surface area contributed by atoms with Crippen molar-refractivity contribution in [2.75, 3.05) is 101 Å². The van der Waals surface area contributed by atoms with Gasteiger partial charge in [0.25, 0.3) is 5.91 Å². The third-order valence-corrected chi connectivity index (χ3v) is 10.4. The molecule has 1 aliphatic rings. The van der Waals surface area contributed by atoms with Gasteiger partial charge in [-0.1, -0.05) is 5.92 Å². The lowest BCUT2D eigenvalue weighted by atomic mass is 10.2. The van der Waals surface area contributed by atoms with Gasteiger partial charge in [0.05, 0.1) is 56.3 Å². The molecule has 1 aromatic carbocycles. The van der Waals surface area contributed by atoms with Gasteiger partial charge in [0.15, 0.2) is 12.3 Å². The monoisotopic (exact) mass is 919 g/mol. The minimum absolute atomic E-state index is 0.0819. The summed E-state index contributed by atoms with van der Waals surface area (Å²) in [5, 5.41) is 24.5. The molecule has 1 aliphatic heterocycles. The number of carbonyl (C=O) groups excluding carboxylic acids is 3. The van der Waals surface area contributed by atoms with Gasteiger partial charge in [-0.15, -0.1) is 6.42 Å². The van der Waals surface area contributed by atoms with E-state index in [4.69, 9.17) is 31.5 Å². The second kappa shape index (κ2) is 24.0. The van der Waals surface area contributed by atoms with E-state index in [0.29, 0.717) is 138 Å². The van der Waals surface area contributed by atoms with Crippen molar-refractivity contribution < 1.29 is 38.4 Å². The number of aromatic hydroxyl groups is 1. The average molecular weight is 920 g/mol. The molecule has 5 aromatic heterocycles. The van der Waals surface area contributed by atoms with Gasteiger partial charge in [-0.2, -0.15) is 5.10 Å². The normalized spacial score (nSPS) is 12.6. The molecule has 6 aromatic rings. The Morgan fingerprint density at radius 3 is 2.21 bits per heavy atom. The lowest BCUT2D eigenvalue weighted by Gasteiger charge is -2.34. The number of fused-ring (bicyclic) bond motifs is 2. The Balaban J connectivity index is 0.741. The number of aromatic amines is 1. The van der Waals surface area contributed by atoms with Crippen molar-refractivity contribution in [3.63, 3.8) is 0 Å². The van der Waals surface area contributed by atoms with Crippen LogP contribution in [0.3, 0.4) is 0 Å². The maximum atomic E-state index is 12.9. The van der Waals surface area contributed by atoms with Gasteiger partial charge in [-0.05, 0) is 37.1 Å². The van der Waals surface area contributed by atoms with Gasteiger partial charge >= 0.3 is 6.09 Å². The number of benzene rings is 1. The summed E-state index contributed by atoms with van der Waals surface area (Å²) in [5.74, 6) is 3.42. The molecule has 0 atom stereocenters. The van der Waals surface area contributed by atoms with E-state index in [0.717, 1.165) is 22.2 Å². The summed E-state index contributed by atoms with van der Waals surface area (Å²) in [4.78, 5) is 70.6. The zero-order valence-electron chi connectivity index (χ0n) is 36.9. The van der Waals surface area contributed by atoms with E-state index < -0.39 is 6.09 Å². The summed E-state index contributed by atoms with van der Waals surface area (Å²) < 4.78 is 22.7. The van der Waals surface area contributed by atoms with E-state index in [2.05, 4.69) is 71.3 Å². The molecule has 23 nitrogen and oxygen atoms in total. The Hall–Kier alpha value is -7.68. The summed E-state index contributed by atoms with van der Waals surface area (Å²) in [6.07, 6.45) is 13.9. The number of hydrogen-bond donors (Lipinski definition) is 6. The molecular formula is C44H53N15O8. The van der Waals surface area contributed by atoms with Crippen LogP contribution >= 0.6 is 0 Å². The van der Waals surface area contributed by atoms with Crippen molar-refractivity contribution in [3.05, 3.63) is 66.5 Å². The molecule has 23 heteroatoms. The van der Waals surface area contributed by atoms with E-state index in [1.807, 2.05) is 6.07 Å². The molecule has 3 amide bonds. The quantitative estimate of drug-likeness (QED) is 0.0373. The van der Waals surface area contributed by atoms with Crippen molar-refractivity contribution in [1.29, 1.82) is 0 Å². The van der Waals surface area contributed by atoms with E-state index in [1.54, 1.807) is 35.3 Å². The number of amides is 3. The number of phenolic OH excluding ortho intramolecular Hbond substituents is 1. The van der Waals surface area contributed by atoms with Crippen molar-refractivity contribution >= 4 is 57.6 Å². The minimum Gasteiger partial charge on any atom is -0.508 e. The van der Waals surface area contributed by atoms with E-state index in [-0.39, 0.29) is 37.2 Å². The number of alkyl carbamates (subject to hydrolysis) is 1. The molecule has 7 rings (SSSR count). The first-order valence-electron chi connectivity index (χ1n) is 21.8. The van der Waals surface area contributed by atoms with Crippen LogP contribution in [0.25, 0.3) is 33.3 Å². The molecule has 67 heavy (non-hydrogen) atoms. The highest BCUT2D eigenvalue weighted by Crippen LogP contribution is 2.32. The van der Waals surface area contributed by atoms with E-state index in [1.165, 1.54) is 18.7 Å². The number of unbranched alkanes of at least 4 members (excludes halogenated alkanes) is 1. The van der Waals surface area contributed by atoms with Crippen LogP contribution < -0.4 is 31.5 Å². The van der Waals surface area contributed by atoms with Gasteiger partial charge in [0, 0.05) is 100 Å². The molecule has 1 fully saturated rings. The minimum atomic E-state index is -0.590. The fourth-order valence-electron chi connectivity index (χ4n) is 7.00. The second-order valence-corrected chi connectivity index (χ2v) is 15.2. The summed E-state index contributed by atoms with van der Waals surface area (Å²) >= 11 is 0. The SMILES string of the molecule is C#CCOC(=O)NCCOCCOCCOCCC(=O)NCc1cnc(N2CCN(c3ncc(C(=O)NCCCCn4nc(-c5cc6cc(O)ccc6[nH]5)c5c(N)ncnc54)cn3)CC2)nc1. The van der Waals surface area contributed by atoms with Crippen LogP contribution in [-0.4, -0.2) is 153 Å². The number of hydrogen-bond acceptors (Lipinski definition) is 18. The molecule has 352 valence electrons. The Kier molecular flexibility index (Phi) is 17.0. The maximum Gasteiger partial charge on any atom is 0.408 e. The van der Waals surface area contributed by atoms with E-state index >= 15 is 0 Å². The summed E-state index contributed by atoms with van der Waals surface area (Å²) in [7, 11) is 0.